The van der Waals surface area contributed by atoms with Gasteiger partial charge in [-0.05, 0) is 37.6 Å². The number of nitrogens with zero attached hydrogens (tertiary/aromatic N) is 3. The van der Waals surface area contributed by atoms with Crippen molar-refractivity contribution in [3.8, 4) is 5.75 Å². The smallest absolute Gasteiger partial charge is 0.306 e. The third-order valence-electron chi connectivity index (χ3n) is 5.84. The second-order valence-corrected chi connectivity index (χ2v) is 8.60. The summed E-state index contributed by atoms with van der Waals surface area (Å²) in [6.07, 6.45) is 4.08. The van der Waals surface area contributed by atoms with E-state index in [1.54, 1.807) is 31.3 Å². The van der Waals surface area contributed by atoms with Gasteiger partial charge in [-0.15, -0.1) is 0 Å². The van der Waals surface area contributed by atoms with Crippen molar-refractivity contribution < 1.29 is 19.1 Å². The van der Waals surface area contributed by atoms with Crippen LogP contribution in [0.4, 0.5) is 5.82 Å². The number of Topliss-reactive ketones (excluding diaryl/α,β-unsaturated/α-hetero) is 1. The van der Waals surface area contributed by atoms with Crippen LogP contribution in [0.2, 0.25) is 5.02 Å². The first-order chi connectivity index (χ1) is 14.9. The van der Waals surface area contributed by atoms with Gasteiger partial charge in [0.1, 0.15) is 17.2 Å². The fraction of sp³-hybridized carbons (Fsp3) is 0.478. The van der Waals surface area contributed by atoms with Crippen LogP contribution in [-0.4, -0.2) is 40.4 Å². The summed E-state index contributed by atoms with van der Waals surface area (Å²) < 4.78 is 11.7. The van der Waals surface area contributed by atoms with E-state index in [1.165, 1.54) is 0 Å². The molecule has 8 heteroatoms. The molecule has 1 fully saturated rings. The van der Waals surface area contributed by atoms with Gasteiger partial charge in [0.25, 0.3) is 0 Å². The minimum Gasteiger partial charge on any atom is -0.486 e. The number of ether oxygens (including phenoxy) is 2. The number of piperidine rings is 1. The molecule has 0 radical (unpaired) electrons. The van der Waals surface area contributed by atoms with E-state index in [9.17, 15) is 9.59 Å². The van der Waals surface area contributed by atoms with Gasteiger partial charge in [-0.1, -0.05) is 18.5 Å². The molecule has 0 amide bonds. The maximum absolute atomic E-state index is 12.7. The molecular formula is C23H26ClN3O4. The van der Waals surface area contributed by atoms with Crippen LogP contribution in [0.15, 0.2) is 30.5 Å². The third kappa shape index (κ3) is 4.66. The number of rotatable bonds is 5. The lowest BCUT2D eigenvalue weighted by atomic mass is 9.82. The first-order valence-electron chi connectivity index (χ1n) is 10.7. The lowest BCUT2D eigenvalue weighted by Crippen LogP contribution is -2.51. The highest BCUT2D eigenvalue weighted by Crippen LogP contribution is 2.40. The quantitative estimate of drug-likeness (QED) is 0.627. The number of esters is 1. The van der Waals surface area contributed by atoms with Gasteiger partial charge in [0.05, 0.1) is 12.0 Å². The second-order valence-electron chi connectivity index (χ2n) is 8.17. The molecule has 0 bridgehead atoms. The average Bonchev–Trinajstić information content (AvgIpc) is 2.75. The Kier molecular flexibility index (Phi) is 6.14. The fourth-order valence-corrected chi connectivity index (χ4v) is 4.31. The van der Waals surface area contributed by atoms with Crippen molar-refractivity contribution in [3.05, 3.63) is 46.9 Å². The molecule has 7 nitrogen and oxygen atoms in total. The van der Waals surface area contributed by atoms with Crippen LogP contribution in [0.25, 0.3) is 0 Å². The summed E-state index contributed by atoms with van der Waals surface area (Å²) >= 11 is 6.03. The van der Waals surface area contributed by atoms with Crippen LogP contribution in [0.5, 0.6) is 5.75 Å². The Morgan fingerprint density at radius 3 is 2.84 bits per heavy atom. The van der Waals surface area contributed by atoms with Gasteiger partial charge in [0.2, 0.25) is 0 Å². The van der Waals surface area contributed by atoms with E-state index in [2.05, 4.69) is 14.9 Å². The molecule has 2 aliphatic rings. The van der Waals surface area contributed by atoms with E-state index >= 15 is 0 Å². The molecule has 164 valence electrons. The number of benzene rings is 1. The van der Waals surface area contributed by atoms with Gasteiger partial charge in [0.15, 0.2) is 17.7 Å². The zero-order valence-corrected chi connectivity index (χ0v) is 18.5. The number of hydrogen-bond acceptors (Lipinski definition) is 7. The molecule has 2 aromatic rings. The Morgan fingerprint density at radius 2 is 2.10 bits per heavy atom. The summed E-state index contributed by atoms with van der Waals surface area (Å²) in [5, 5.41) is 0.538. The lowest BCUT2D eigenvalue weighted by Gasteiger charge is -2.44. The Balaban J connectivity index is 1.43. The number of ketones is 1. The van der Waals surface area contributed by atoms with E-state index < -0.39 is 11.7 Å². The molecule has 31 heavy (non-hydrogen) atoms. The molecule has 1 aromatic heterocycles. The second kappa shape index (κ2) is 8.83. The largest absolute Gasteiger partial charge is 0.486 e. The van der Waals surface area contributed by atoms with Crippen LogP contribution in [-0.2, 0) is 9.53 Å². The highest BCUT2D eigenvalue weighted by Gasteiger charge is 2.43. The predicted octanol–water partition coefficient (Wildman–Crippen LogP) is 4.54. The molecule has 0 N–H and O–H groups in total. The van der Waals surface area contributed by atoms with Crippen molar-refractivity contribution in [1.29, 1.82) is 0 Å². The first kappa shape index (κ1) is 21.6. The van der Waals surface area contributed by atoms with Gasteiger partial charge < -0.3 is 14.4 Å². The summed E-state index contributed by atoms with van der Waals surface area (Å²) in [4.78, 5) is 35.5. The maximum atomic E-state index is 12.7. The van der Waals surface area contributed by atoms with Crippen LogP contribution < -0.4 is 9.64 Å². The Bertz CT molecular complexity index is 989. The molecule has 3 heterocycles. The number of carbonyl (C=O) groups excluding carboxylic acids is 2. The summed E-state index contributed by atoms with van der Waals surface area (Å²) in [5.41, 5.74) is 0.0698. The molecule has 4 rings (SSSR count). The molecule has 1 atom stereocenters. The van der Waals surface area contributed by atoms with Crippen LogP contribution >= 0.6 is 11.6 Å². The summed E-state index contributed by atoms with van der Waals surface area (Å²) in [5.74, 6) is 1.71. The molecule has 1 unspecified atom stereocenters. The SMILES string of the molecule is CCCC(=O)OC(C)c1nccc(N2CCC3(CC2)CC(=O)c2cc(Cl)ccc2O3)n1. The summed E-state index contributed by atoms with van der Waals surface area (Å²) in [6, 6.07) is 7.06. The maximum Gasteiger partial charge on any atom is 0.306 e. The zero-order chi connectivity index (χ0) is 22.0. The number of carbonyl (C=O) groups is 2. The first-order valence-corrected chi connectivity index (χ1v) is 11.1. The van der Waals surface area contributed by atoms with Gasteiger partial charge in [-0.2, -0.15) is 0 Å². The zero-order valence-electron chi connectivity index (χ0n) is 17.8. The molecule has 1 aromatic carbocycles. The summed E-state index contributed by atoms with van der Waals surface area (Å²) in [7, 11) is 0. The number of aromatic nitrogens is 2. The molecular weight excluding hydrogens is 418 g/mol. The normalized spacial score (nSPS) is 18.3. The van der Waals surface area contributed by atoms with Crippen molar-refractivity contribution in [2.75, 3.05) is 18.0 Å². The van der Waals surface area contributed by atoms with Crippen molar-refractivity contribution in [3.63, 3.8) is 0 Å². The Hall–Kier alpha value is -2.67. The van der Waals surface area contributed by atoms with Crippen molar-refractivity contribution in [2.45, 2.75) is 57.7 Å². The average molecular weight is 444 g/mol. The number of hydrogen-bond donors (Lipinski definition) is 0. The molecule has 1 saturated heterocycles. The standard InChI is InChI=1S/C23H26ClN3O4/c1-3-4-21(29)30-15(2)22-25-10-7-20(26-22)27-11-8-23(9-12-27)14-18(28)17-13-16(24)5-6-19(17)31-23/h5-7,10,13,15H,3-4,8-9,11-12,14H2,1-2H3. The van der Waals surface area contributed by atoms with Crippen molar-refractivity contribution >= 4 is 29.2 Å². The monoisotopic (exact) mass is 443 g/mol. The highest BCUT2D eigenvalue weighted by atomic mass is 35.5. The lowest BCUT2D eigenvalue weighted by molar-refractivity contribution is -0.149. The van der Waals surface area contributed by atoms with Gasteiger partial charge in [-0.3, -0.25) is 9.59 Å². The fourth-order valence-electron chi connectivity index (χ4n) is 4.14. The van der Waals surface area contributed by atoms with Crippen LogP contribution in [0.3, 0.4) is 0 Å². The van der Waals surface area contributed by atoms with E-state index in [0.717, 1.165) is 12.2 Å². The van der Waals surface area contributed by atoms with E-state index in [4.69, 9.17) is 21.1 Å². The topological polar surface area (TPSA) is 81.6 Å². The van der Waals surface area contributed by atoms with Crippen LogP contribution in [0, 0.1) is 0 Å². The number of anilines is 1. The number of fused-ring (bicyclic) bond motifs is 1. The molecule has 0 aliphatic carbocycles. The minimum absolute atomic E-state index is 0.0734. The van der Waals surface area contributed by atoms with Crippen molar-refractivity contribution in [2.24, 2.45) is 0 Å². The molecule has 2 aliphatic heterocycles. The van der Waals surface area contributed by atoms with E-state index in [1.807, 2.05) is 13.0 Å². The van der Waals surface area contributed by atoms with E-state index in [0.29, 0.717) is 60.9 Å². The van der Waals surface area contributed by atoms with Crippen LogP contribution in [0.1, 0.15) is 68.2 Å². The van der Waals surface area contributed by atoms with Gasteiger partial charge >= 0.3 is 5.97 Å². The van der Waals surface area contributed by atoms with Gasteiger partial charge in [0, 0.05) is 43.6 Å². The van der Waals surface area contributed by atoms with E-state index in [-0.39, 0.29) is 11.8 Å². The third-order valence-corrected chi connectivity index (χ3v) is 6.07. The van der Waals surface area contributed by atoms with Gasteiger partial charge in [-0.25, -0.2) is 9.97 Å². The molecule has 0 saturated carbocycles. The minimum atomic E-state index is -0.502. The summed E-state index contributed by atoms with van der Waals surface area (Å²) in [6.45, 7) is 5.12. The molecule has 1 spiro atoms. The Morgan fingerprint density at radius 1 is 1.32 bits per heavy atom. The van der Waals surface area contributed by atoms with Crippen molar-refractivity contribution in [1.82, 2.24) is 9.97 Å². The Labute approximate surface area is 186 Å². The number of halogens is 1. The predicted molar refractivity (Wildman–Crippen MR) is 117 cm³/mol. The highest BCUT2D eigenvalue weighted by molar-refractivity contribution is 6.31.